The number of hydrogen-bond acceptors (Lipinski definition) is 3. The lowest BCUT2D eigenvalue weighted by molar-refractivity contribution is 0.562. The van der Waals surface area contributed by atoms with E-state index in [0.717, 1.165) is 22.0 Å². The highest BCUT2D eigenvalue weighted by atomic mass is 16.3. The smallest absolute Gasteiger partial charge is 0.0953 e. The Balaban J connectivity index is 2.17. The van der Waals surface area contributed by atoms with Crippen molar-refractivity contribution < 1.29 is 4.42 Å². The quantitative estimate of drug-likeness (QED) is 0.728. The minimum Gasteiger partial charge on any atom is -0.472 e. The molecule has 3 aromatic rings. The van der Waals surface area contributed by atoms with Gasteiger partial charge in [0.05, 0.1) is 24.1 Å². The van der Waals surface area contributed by atoms with Gasteiger partial charge < -0.3 is 10.2 Å². The fraction of sp³-hybridized carbons (Fsp3) is 0.0714. The van der Waals surface area contributed by atoms with E-state index in [1.165, 1.54) is 0 Å². The molecule has 1 aromatic carbocycles. The van der Waals surface area contributed by atoms with Crippen LogP contribution in [0.4, 0.5) is 0 Å². The monoisotopic (exact) mass is 224 g/mol. The molecule has 3 heteroatoms. The average molecular weight is 224 g/mol. The number of para-hydroxylation sites is 1. The Labute approximate surface area is 98.9 Å². The number of benzene rings is 1. The van der Waals surface area contributed by atoms with Crippen molar-refractivity contribution in [2.45, 2.75) is 6.04 Å². The molecule has 0 aliphatic rings. The summed E-state index contributed by atoms with van der Waals surface area (Å²) in [6, 6.07) is 11.7. The molecule has 0 aliphatic carbocycles. The van der Waals surface area contributed by atoms with Crippen LogP contribution >= 0.6 is 0 Å². The van der Waals surface area contributed by atoms with E-state index in [9.17, 15) is 0 Å². The van der Waals surface area contributed by atoms with Crippen molar-refractivity contribution in [3.05, 3.63) is 66.2 Å². The molecule has 3 nitrogen and oxygen atoms in total. The first-order valence-corrected chi connectivity index (χ1v) is 5.47. The van der Waals surface area contributed by atoms with E-state index in [1.54, 1.807) is 18.7 Å². The van der Waals surface area contributed by atoms with Crippen molar-refractivity contribution in [3.63, 3.8) is 0 Å². The second kappa shape index (κ2) is 4.03. The normalized spacial score (nSPS) is 12.8. The van der Waals surface area contributed by atoms with Crippen molar-refractivity contribution in [1.29, 1.82) is 0 Å². The van der Waals surface area contributed by atoms with Crippen molar-refractivity contribution in [2.24, 2.45) is 5.73 Å². The summed E-state index contributed by atoms with van der Waals surface area (Å²) in [5, 5.41) is 1.10. The fourth-order valence-electron chi connectivity index (χ4n) is 2.01. The van der Waals surface area contributed by atoms with Gasteiger partial charge in [-0.15, -0.1) is 0 Å². The van der Waals surface area contributed by atoms with Gasteiger partial charge in [0.2, 0.25) is 0 Å². The molecule has 0 bridgehead atoms. The number of pyridine rings is 1. The summed E-state index contributed by atoms with van der Waals surface area (Å²) in [5.41, 5.74) is 9.15. The Bertz CT molecular complexity index is 626. The molecular formula is C14H12N2O. The highest BCUT2D eigenvalue weighted by Gasteiger charge is 2.13. The molecule has 84 valence electrons. The highest BCUT2D eigenvalue weighted by Crippen LogP contribution is 2.25. The molecule has 0 saturated carbocycles. The van der Waals surface area contributed by atoms with Gasteiger partial charge in [-0.3, -0.25) is 4.98 Å². The Morgan fingerprint density at radius 3 is 2.82 bits per heavy atom. The summed E-state index contributed by atoms with van der Waals surface area (Å²) in [4.78, 5) is 4.40. The maximum Gasteiger partial charge on any atom is 0.0953 e. The van der Waals surface area contributed by atoms with Gasteiger partial charge in [0.1, 0.15) is 0 Å². The number of aromatic nitrogens is 1. The summed E-state index contributed by atoms with van der Waals surface area (Å²) in [7, 11) is 0. The van der Waals surface area contributed by atoms with E-state index < -0.39 is 0 Å². The van der Waals surface area contributed by atoms with E-state index in [4.69, 9.17) is 10.2 Å². The molecule has 0 fully saturated rings. The van der Waals surface area contributed by atoms with Crippen molar-refractivity contribution in [1.82, 2.24) is 4.98 Å². The molecule has 0 saturated heterocycles. The van der Waals surface area contributed by atoms with Crippen LogP contribution in [0.15, 0.2) is 59.5 Å². The lowest BCUT2D eigenvalue weighted by atomic mass is 9.99. The van der Waals surface area contributed by atoms with Crippen molar-refractivity contribution in [3.8, 4) is 0 Å². The van der Waals surface area contributed by atoms with Gasteiger partial charge in [-0.25, -0.2) is 0 Å². The van der Waals surface area contributed by atoms with Crippen LogP contribution < -0.4 is 5.73 Å². The number of rotatable bonds is 2. The van der Waals surface area contributed by atoms with Gasteiger partial charge in [-0.2, -0.15) is 0 Å². The standard InChI is InChI=1S/C14H12N2O/c15-13(11-6-8-17-9-11)12-5-1-3-10-4-2-7-16-14(10)12/h1-9,13H,15H2. The van der Waals surface area contributed by atoms with Crippen LogP contribution in [-0.4, -0.2) is 4.98 Å². The topological polar surface area (TPSA) is 52.0 Å². The molecule has 2 N–H and O–H groups in total. The maximum absolute atomic E-state index is 6.23. The zero-order valence-electron chi connectivity index (χ0n) is 9.21. The van der Waals surface area contributed by atoms with Gasteiger partial charge in [-0.1, -0.05) is 24.3 Å². The molecule has 1 unspecified atom stereocenters. The molecule has 0 radical (unpaired) electrons. The van der Waals surface area contributed by atoms with Crippen molar-refractivity contribution >= 4 is 10.9 Å². The largest absolute Gasteiger partial charge is 0.472 e. The van der Waals surface area contributed by atoms with Crippen LogP contribution in [0.5, 0.6) is 0 Å². The SMILES string of the molecule is NC(c1ccoc1)c1cccc2cccnc12. The summed E-state index contributed by atoms with van der Waals surface area (Å²) >= 11 is 0. The van der Waals surface area contributed by atoms with E-state index in [1.807, 2.05) is 36.4 Å². The second-order valence-electron chi connectivity index (χ2n) is 3.96. The second-order valence-corrected chi connectivity index (χ2v) is 3.96. The van der Waals surface area contributed by atoms with Gasteiger partial charge in [0.25, 0.3) is 0 Å². The Hall–Kier alpha value is -2.13. The fourth-order valence-corrected chi connectivity index (χ4v) is 2.01. The number of furan rings is 1. The van der Waals surface area contributed by atoms with Crippen LogP contribution in [0.3, 0.4) is 0 Å². The van der Waals surface area contributed by atoms with Crippen LogP contribution in [0.1, 0.15) is 17.2 Å². The van der Waals surface area contributed by atoms with Crippen LogP contribution in [0, 0.1) is 0 Å². The molecule has 0 spiro atoms. The first-order chi connectivity index (χ1) is 8.36. The summed E-state index contributed by atoms with van der Waals surface area (Å²) in [5.74, 6) is 0. The number of hydrogen-bond donors (Lipinski definition) is 1. The average Bonchev–Trinajstić information content (AvgIpc) is 2.91. The molecule has 0 amide bonds. The Kier molecular flexibility index (Phi) is 2.38. The minimum absolute atomic E-state index is 0.202. The van der Waals surface area contributed by atoms with E-state index in [-0.39, 0.29) is 6.04 Å². The lowest BCUT2D eigenvalue weighted by Gasteiger charge is -2.12. The number of nitrogens with zero attached hydrogens (tertiary/aromatic N) is 1. The van der Waals surface area contributed by atoms with Crippen LogP contribution in [0.25, 0.3) is 10.9 Å². The van der Waals surface area contributed by atoms with E-state index >= 15 is 0 Å². The maximum atomic E-state index is 6.23. The Morgan fingerprint density at radius 1 is 1.12 bits per heavy atom. The third-order valence-electron chi connectivity index (χ3n) is 2.90. The first kappa shape index (κ1) is 10.1. The third kappa shape index (κ3) is 1.70. The molecule has 1 atom stereocenters. The first-order valence-electron chi connectivity index (χ1n) is 5.47. The van der Waals surface area contributed by atoms with Gasteiger partial charge >= 0.3 is 0 Å². The van der Waals surface area contributed by atoms with Gasteiger partial charge in [0.15, 0.2) is 0 Å². The Morgan fingerprint density at radius 2 is 2.00 bits per heavy atom. The van der Waals surface area contributed by atoms with E-state index in [2.05, 4.69) is 4.98 Å². The third-order valence-corrected chi connectivity index (χ3v) is 2.90. The molecule has 0 aliphatic heterocycles. The van der Waals surface area contributed by atoms with Gasteiger partial charge in [0, 0.05) is 17.1 Å². The number of fused-ring (bicyclic) bond motifs is 1. The molecule has 2 heterocycles. The minimum atomic E-state index is -0.202. The predicted octanol–water partition coefficient (Wildman–Crippen LogP) is 2.88. The molecule has 2 aromatic heterocycles. The summed E-state index contributed by atoms with van der Waals surface area (Å²) in [6.07, 6.45) is 5.09. The summed E-state index contributed by atoms with van der Waals surface area (Å²) < 4.78 is 5.07. The molecular weight excluding hydrogens is 212 g/mol. The van der Waals surface area contributed by atoms with Crippen molar-refractivity contribution in [2.75, 3.05) is 0 Å². The lowest BCUT2D eigenvalue weighted by Crippen LogP contribution is -2.11. The van der Waals surface area contributed by atoms with Crippen LogP contribution in [0.2, 0.25) is 0 Å². The summed E-state index contributed by atoms with van der Waals surface area (Å²) in [6.45, 7) is 0. The highest BCUT2D eigenvalue weighted by molar-refractivity contribution is 5.82. The number of nitrogens with two attached hydrogens (primary N) is 1. The zero-order valence-corrected chi connectivity index (χ0v) is 9.21. The molecule has 3 rings (SSSR count). The zero-order chi connectivity index (χ0) is 11.7. The van der Waals surface area contributed by atoms with Gasteiger partial charge in [-0.05, 0) is 17.7 Å². The van der Waals surface area contributed by atoms with E-state index in [0.29, 0.717) is 0 Å². The molecule has 17 heavy (non-hydrogen) atoms. The predicted molar refractivity (Wildman–Crippen MR) is 66.5 cm³/mol. The van der Waals surface area contributed by atoms with Crippen LogP contribution in [-0.2, 0) is 0 Å².